The van der Waals surface area contributed by atoms with Crippen molar-refractivity contribution < 1.29 is 14.3 Å². The van der Waals surface area contributed by atoms with Gasteiger partial charge < -0.3 is 10.1 Å². The fraction of sp³-hybridized carbons (Fsp3) is 0.857. The molecule has 1 fully saturated rings. The Morgan fingerprint density at radius 1 is 1.33 bits per heavy atom. The van der Waals surface area contributed by atoms with Crippen molar-refractivity contribution in [2.24, 2.45) is 5.92 Å². The van der Waals surface area contributed by atoms with Crippen molar-refractivity contribution >= 4 is 11.9 Å². The summed E-state index contributed by atoms with van der Waals surface area (Å²) in [4.78, 5) is 23.7. The van der Waals surface area contributed by atoms with Crippen LogP contribution in [-0.2, 0) is 9.53 Å². The maximum Gasteiger partial charge on any atom is 0.408 e. The third kappa shape index (κ3) is 5.52. The van der Waals surface area contributed by atoms with Gasteiger partial charge in [-0.15, -0.1) is 0 Å². The lowest BCUT2D eigenvalue weighted by molar-refractivity contribution is -0.122. The minimum Gasteiger partial charge on any atom is -0.444 e. The zero-order valence-corrected chi connectivity index (χ0v) is 11.9. The number of amides is 1. The summed E-state index contributed by atoms with van der Waals surface area (Å²) in [5.74, 6) is 0.344. The van der Waals surface area contributed by atoms with Gasteiger partial charge in [0.05, 0.1) is 6.04 Å². The van der Waals surface area contributed by atoms with Gasteiger partial charge in [0.15, 0.2) is 5.78 Å². The average molecular weight is 255 g/mol. The molecule has 1 rings (SSSR count). The van der Waals surface area contributed by atoms with E-state index in [0.29, 0.717) is 6.42 Å². The Labute approximate surface area is 109 Å². The zero-order valence-electron chi connectivity index (χ0n) is 11.9. The minimum atomic E-state index is -0.526. The van der Waals surface area contributed by atoms with Crippen molar-refractivity contribution in [1.82, 2.24) is 5.32 Å². The van der Waals surface area contributed by atoms with Crippen LogP contribution >= 0.6 is 0 Å². The molecule has 0 radical (unpaired) electrons. The molecule has 0 spiro atoms. The Hall–Kier alpha value is -1.06. The molecule has 0 saturated heterocycles. The highest BCUT2D eigenvalue weighted by molar-refractivity contribution is 5.90. The molecule has 1 unspecified atom stereocenters. The number of Topliss-reactive ketones (excluding diaryl/α,β-unsaturated/α-hetero) is 1. The van der Waals surface area contributed by atoms with Crippen LogP contribution in [0.5, 0.6) is 0 Å². The van der Waals surface area contributed by atoms with Crippen molar-refractivity contribution in [3.05, 3.63) is 0 Å². The topological polar surface area (TPSA) is 55.4 Å². The van der Waals surface area contributed by atoms with Crippen LogP contribution in [0.2, 0.25) is 0 Å². The summed E-state index contributed by atoms with van der Waals surface area (Å²) in [5, 5.41) is 2.72. The summed E-state index contributed by atoms with van der Waals surface area (Å²) in [5.41, 5.74) is -0.526. The molecule has 0 bridgehead atoms. The van der Waals surface area contributed by atoms with E-state index in [4.69, 9.17) is 4.74 Å². The highest BCUT2D eigenvalue weighted by Crippen LogP contribution is 2.31. The number of ether oxygens (including phenoxy) is 1. The molecule has 0 aromatic heterocycles. The lowest BCUT2D eigenvalue weighted by Crippen LogP contribution is -2.44. The van der Waals surface area contributed by atoms with E-state index in [1.807, 2.05) is 20.8 Å². The first kappa shape index (κ1) is 15.0. The van der Waals surface area contributed by atoms with E-state index in [0.717, 1.165) is 25.7 Å². The van der Waals surface area contributed by atoms with Crippen molar-refractivity contribution in [3.63, 3.8) is 0 Å². The molecular weight excluding hydrogens is 230 g/mol. The molecule has 4 nitrogen and oxygen atoms in total. The maximum absolute atomic E-state index is 12.0. The molecule has 1 aliphatic rings. The zero-order chi connectivity index (χ0) is 13.8. The quantitative estimate of drug-likeness (QED) is 0.793. The van der Waals surface area contributed by atoms with Crippen LogP contribution in [0.1, 0.15) is 59.8 Å². The number of hydrogen-bond acceptors (Lipinski definition) is 3. The molecule has 1 atom stereocenters. The van der Waals surface area contributed by atoms with Crippen LogP contribution in [0.25, 0.3) is 0 Å². The van der Waals surface area contributed by atoms with Gasteiger partial charge in [-0.2, -0.15) is 0 Å². The normalized spacial score (nSPS) is 17.1. The summed E-state index contributed by atoms with van der Waals surface area (Å²) in [7, 11) is 0. The second-order valence-electron chi connectivity index (χ2n) is 6.02. The van der Waals surface area contributed by atoms with Gasteiger partial charge in [0.1, 0.15) is 5.60 Å². The smallest absolute Gasteiger partial charge is 0.408 e. The second kappa shape index (κ2) is 6.21. The summed E-state index contributed by atoms with van der Waals surface area (Å²) >= 11 is 0. The molecule has 1 aliphatic carbocycles. The van der Waals surface area contributed by atoms with Gasteiger partial charge in [-0.25, -0.2) is 4.79 Å². The Bertz CT molecular complexity index is 303. The Morgan fingerprint density at radius 2 is 1.94 bits per heavy atom. The number of rotatable bonds is 6. The first-order valence-corrected chi connectivity index (χ1v) is 6.86. The molecule has 0 aromatic carbocycles. The number of unbranched alkanes of at least 4 members (excludes halogenated alkanes) is 1. The van der Waals surface area contributed by atoms with Crippen LogP contribution in [0, 0.1) is 5.92 Å². The monoisotopic (exact) mass is 255 g/mol. The number of alkyl carbamates (subject to hydrolysis) is 1. The highest BCUT2D eigenvalue weighted by Gasteiger charge is 2.35. The number of carbonyl (C=O) groups is 2. The Kier molecular flexibility index (Phi) is 5.17. The van der Waals surface area contributed by atoms with Crippen LogP contribution in [0.4, 0.5) is 4.79 Å². The molecule has 0 aromatic rings. The predicted molar refractivity (Wildman–Crippen MR) is 70.4 cm³/mol. The summed E-state index contributed by atoms with van der Waals surface area (Å²) in [6.07, 6.45) is 4.13. The van der Waals surface area contributed by atoms with Crippen molar-refractivity contribution in [1.29, 1.82) is 0 Å². The first-order valence-electron chi connectivity index (χ1n) is 6.86. The SMILES string of the molecule is CCCCC(NC(=O)OC(C)(C)C)C(=O)C1CC1. The van der Waals surface area contributed by atoms with E-state index in [2.05, 4.69) is 12.2 Å². The number of hydrogen-bond donors (Lipinski definition) is 1. The largest absolute Gasteiger partial charge is 0.444 e. The number of nitrogens with one attached hydrogen (secondary N) is 1. The molecule has 0 heterocycles. The lowest BCUT2D eigenvalue weighted by Gasteiger charge is -2.23. The van der Waals surface area contributed by atoms with E-state index in [-0.39, 0.29) is 17.7 Å². The van der Waals surface area contributed by atoms with Crippen LogP contribution in [0.15, 0.2) is 0 Å². The molecule has 4 heteroatoms. The van der Waals surface area contributed by atoms with Gasteiger partial charge in [0.2, 0.25) is 0 Å². The van der Waals surface area contributed by atoms with Crippen molar-refractivity contribution in [2.75, 3.05) is 0 Å². The maximum atomic E-state index is 12.0. The van der Waals surface area contributed by atoms with Crippen LogP contribution in [-0.4, -0.2) is 23.5 Å². The average Bonchev–Trinajstić information content (AvgIpc) is 3.04. The fourth-order valence-corrected chi connectivity index (χ4v) is 1.80. The first-order chi connectivity index (χ1) is 8.33. The second-order valence-corrected chi connectivity index (χ2v) is 6.02. The standard InChI is InChI=1S/C14H25NO3/c1-5-6-7-11(12(16)10-8-9-10)15-13(17)18-14(2,3)4/h10-11H,5-9H2,1-4H3,(H,15,17). The Morgan fingerprint density at radius 3 is 2.39 bits per heavy atom. The van der Waals surface area contributed by atoms with Gasteiger partial charge in [-0.1, -0.05) is 19.8 Å². The van der Waals surface area contributed by atoms with Gasteiger partial charge in [-0.05, 0) is 40.0 Å². The van der Waals surface area contributed by atoms with Crippen molar-refractivity contribution in [2.45, 2.75) is 71.4 Å². The number of carbonyl (C=O) groups excluding carboxylic acids is 2. The van der Waals surface area contributed by atoms with Gasteiger partial charge in [-0.3, -0.25) is 4.79 Å². The molecular formula is C14H25NO3. The lowest BCUT2D eigenvalue weighted by atomic mass is 10.0. The van der Waals surface area contributed by atoms with Crippen LogP contribution < -0.4 is 5.32 Å². The van der Waals surface area contributed by atoms with E-state index in [1.165, 1.54) is 0 Å². The fourth-order valence-electron chi connectivity index (χ4n) is 1.80. The molecule has 1 amide bonds. The number of ketones is 1. The van der Waals surface area contributed by atoms with E-state index in [9.17, 15) is 9.59 Å². The van der Waals surface area contributed by atoms with E-state index >= 15 is 0 Å². The van der Waals surface area contributed by atoms with Crippen LogP contribution in [0.3, 0.4) is 0 Å². The van der Waals surface area contributed by atoms with Gasteiger partial charge in [0, 0.05) is 5.92 Å². The highest BCUT2D eigenvalue weighted by atomic mass is 16.6. The van der Waals surface area contributed by atoms with Gasteiger partial charge in [0.25, 0.3) is 0 Å². The van der Waals surface area contributed by atoms with Gasteiger partial charge >= 0.3 is 6.09 Å². The third-order valence-corrected chi connectivity index (χ3v) is 2.86. The molecule has 1 N–H and O–H groups in total. The van der Waals surface area contributed by atoms with E-state index in [1.54, 1.807) is 0 Å². The summed E-state index contributed by atoms with van der Waals surface area (Å²) < 4.78 is 5.20. The minimum absolute atomic E-state index is 0.168. The summed E-state index contributed by atoms with van der Waals surface area (Å²) in [6, 6.07) is -0.368. The molecule has 0 aliphatic heterocycles. The predicted octanol–water partition coefficient (Wildman–Crippen LogP) is 3.05. The Balaban J connectivity index is 2.49. The third-order valence-electron chi connectivity index (χ3n) is 2.86. The van der Waals surface area contributed by atoms with Crippen molar-refractivity contribution in [3.8, 4) is 0 Å². The molecule has 1 saturated carbocycles. The summed E-state index contributed by atoms with van der Waals surface area (Å²) in [6.45, 7) is 7.52. The molecule has 104 valence electrons. The molecule has 18 heavy (non-hydrogen) atoms. The van der Waals surface area contributed by atoms with E-state index < -0.39 is 11.7 Å².